The lowest BCUT2D eigenvalue weighted by Gasteiger charge is -2.26. The van der Waals surface area contributed by atoms with Crippen molar-refractivity contribution in [1.29, 1.82) is 0 Å². The first kappa shape index (κ1) is 21.1. The highest BCUT2D eigenvalue weighted by Crippen LogP contribution is 2.37. The average molecular weight is 457 g/mol. The molecule has 5 rings (SSSR count). The maximum absolute atomic E-state index is 11.8. The van der Waals surface area contributed by atoms with Crippen LogP contribution in [0.3, 0.4) is 0 Å². The van der Waals surface area contributed by atoms with E-state index in [9.17, 15) is 8.42 Å². The number of nitrogens with one attached hydrogen (secondary N) is 2. The molecule has 0 spiro atoms. The fourth-order valence-electron chi connectivity index (χ4n) is 4.53. The molecule has 2 aromatic heterocycles. The molecule has 0 amide bonds. The maximum atomic E-state index is 11.8. The summed E-state index contributed by atoms with van der Waals surface area (Å²) in [6, 6.07) is 8.15. The first-order valence-electron chi connectivity index (χ1n) is 11.1. The van der Waals surface area contributed by atoms with Gasteiger partial charge in [0, 0.05) is 11.6 Å². The van der Waals surface area contributed by atoms with Gasteiger partial charge in [0.15, 0.2) is 11.5 Å². The molecule has 1 saturated heterocycles. The molecule has 1 aromatic carbocycles. The molecule has 2 aliphatic rings. The second kappa shape index (κ2) is 8.27. The molecule has 1 fully saturated rings. The molecule has 9 heteroatoms. The van der Waals surface area contributed by atoms with Gasteiger partial charge < -0.3 is 19.8 Å². The second-order valence-electron chi connectivity index (χ2n) is 8.90. The smallest absolute Gasteiger partial charge is 0.161 e. The summed E-state index contributed by atoms with van der Waals surface area (Å²) in [6.07, 6.45) is 2.83. The van der Waals surface area contributed by atoms with Crippen LogP contribution in [-0.4, -0.2) is 48.1 Å². The molecule has 0 unspecified atom stereocenters. The molecule has 4 heterocycles. The number of hydrogen-bond donors (Lipinski definition) is 2. The third-order valence-corrected chi connectivity index (χ3v) is 8.04. The predicted octanol–water partition coefficient (Wildman–Crippen LogP) is 3.83. The molecular formula is C23H28N4O4S. The van der Waals surface area contributed by atoms with Crippen LogP contribution in [-0.2, 0) is 9.84 Å². The molecule has 0 saturated carbocycles. The van der Waals surface area contributed by atoms with Crippen molar-refractivity contribution in [3.63, 3.8) is 0 Å². The summed E-state index contributed by atoms with van der Waals surface area (Å²) in [5.74, 6) is 3.27. The topological polar surface area (TPSA) is 106 Å². The molecule has 0 bridgehead atoms. The van der Waals surface area contributed by atoms with Crippen LogP contribution in [0, 0.1) is 5.92 Å². The van der Waals surface area contributed by atoms with Crippen LogP contribution in [0.5, 0.6) is 11.5 Å². The minimum atomic E-state index is -2.90. The normalized spacial score (nSPS) is 19.2. The second-order valence-corrected chi connectivity index (χ2v) is 11.2. The van der Waals surface area contributed by atoms with Crippen molar-refractivity contribution in [3.8, 4) is 11.5 Å². The molecule has 170 valence electrons. The Morgan fingerprint density at radius 3 is 2.56 bits per heavy atom. The summed E-state index contributed by atoms with van der Waals surface area (Å²) in [4.78, 5) is 12.3. The molecule has 1 atom stereocenters. The fraction of sp³-hybridized carbons (Fsp3) is 0.478. The van der Waals surface area contributed by atoms with E-state index in [1.54, 1.807) is 6.33 Å². The Balaban J connectivity index is 1.44. The van der Waals surface area contributed by atoms with Gasteiger partial charge in [-0.05, 0) is 42.5 Å². The lowest BCUT2D eigenvalue weighted by atomic mass is 9.95. The van der Waals surface area contributed by atoms with Crippen molar-refractivity contribution in [2.45, 2.75) is 38.6 Å². The van der Waals surface area contributed by atoms with E-state index in [1.807, 2.05) is 12.1 Å². The minimum absolute atomic E-state index is 0.0158. The summed E-state index contributed by atoms with van der Waals surface area (Å²) in [5, 5.41) is 4.53. The number of nitrogens with zero attached hydrogens (tertiary/aromatic N) is 2. The number of fused-ring (bicyclic) bond motifs is 2. The Morgan fingerprint density at radius 1 is 1.06 bits per heavy atom. The van der Waals surface area contributed by atoms with Crippen LogP contribution in [0.2, 0.25) is 0 Å². The van der Waals surface area contributed by atoms with Gasteiger partial charge in [-0.15, -0.1) is 0 Å². The molecule has 0 radical (unpaired) electrons. The lowest BCUT2D eigenvalue weighted by molar-refractivity contribution is 0.171. The van der Waals surface area contributed by atoms with Crippen LogP contribution in [0.25, 0.3) is 11.0 Å². The van der Waals surface area contributed by atoms with Crippen molar-refractivity contribution < 1.29 is 17.9 Å². The largest absolute Gasteiger partial charge is 0.486 e. The van der Waals surface area contributed by atoms with Gasteiger partial charge >= 0.3 is 0 Å². The van der Waals surface area contributed by atoms with E-state index in [2.05, 4.69) is 46.2 Å². The number of sulfone groups is 1. The van der Waals surface area contributed by atoms with Gasteiger partial charge in [-0.1, -0.05) is 19.9 Å². The zero-order valence-corrected chi connectivity index (χ0v) is 19.1. The Bertz CT molecular complexity index is 1220. The van der Waals surface area contributed by atoms with Crippen molar-refractivity contribution in [2.24, 2.45) is 5.92 Å². The number of benzene rings is 1. The van der Waals surface area contributed by atoms with Crippen LogP contribution in [0.4, 0.5) is 5.82 Å². The van der Waals surface area contributed by atoms with Gasteiger partial charge in [-0.3, -0.25) is 0 Å². The van der Waals surface area contributed by atoms with E-state index in [-0.39, 0.29) is 23.5 Å². The van der Waals surface area contributed by atoms with Crippen LogP contribution in [0.15, 0.2) is 30.6 Å². The van der Waals surface area contributed by atoms with E-state index in [0.717, 1.165) is 39.6 Å². The van der Waals surface area contributed by atoms with Crippen LogP contribution in [0.1, 0.15) is 49.9 Å². The van der Waals surface area contributed by atoms with Gasteiger partial charge in [0.2, 0.25) is 0 Å². The monoisotopic (exact) mass is 456 g/mol. The highest BCUT2D eigenvalue weighted by Gasteiger charge is 2.27. The number of H-pyrrole nitrogens is 1. The quantitative estimate of drug-likeness (QED) is 0.601. The standard InChI is InChI=1S/C23H28N4O4S/c1-14(2)21(16-3-4-19-20(11-16)31-8-7-30-19)27-23-17-12-18(26-22(17)24-13-25-23)15-5-9-32(28,29)10-6-15/h3-4,11-15,21H,5-10H2,1-2H3,(H2,24,25,26,27)/t21-/m1/s1. The highest BCUT2D eigenvalue weighted by molar-refractivity contribution is 7.91. The average Bonchev–Trinajstić information content (AvgIpc) is 3.22. The van der Waals surface area contributed by atoms with E-state index in [0.29, 0.717) is 32.0 Å². The summed E-state index contributed by atoms with van der Waals surface area (Å²) < 4.78 is 35.0. The van der Waals surface area contributed by atoms with Crippen molar-refractivity contribution >= 4 is 26.7 Å². The van der Waals surface area contributed by atoms with Gasteiger partial charge in [0.1, 0.15) is 40.8 Å². The highest BCUT2D eigenvalue weighted by atomic mass is 32.2. The summed E-state index contributed by atoms with van der Waals surface area (Å²) >= 11 is 0. The van der Waals surface area contributed by atoms with Gasteiger partial charge in [-0.25, -0.2) is 18.4 Å². The molecule has 3 aromatic rings. The Hall–Kier alpha value is -2.81. The summed E-state index contributed by atoms with van der Waals surface area (Å²) in [5.41, 5.74) is 2.89. The molecule has 8 nitrogen and oxygen atoms in total. The third-order valence-electron chi connectivity index (χ3n) is 6.33. The van der Waals surface area contributed by atoms with Crippen molar-refractivity contribution in [1.82, 2.24) is 15.0 Å². The number of aromatic nitrogens is 3. The number of anilines is 1. The maximum Gasteiger partial charge on any atom is 0.161 e. The fourth-order valence-corrected chi connectivity index (χ4v) is 6.02. The molecular weight excluding hydrogens is 428 g/mol. The first-order valence-corrected chi connectivity index (χ1v) is 12.9. The summed E-state index contributed by atoms with van der Waals surface area (Å²) in [7, 11) is -2.90. The molecule has 0 aliphatic carbocycles. The molecule has 2 N–H and O–H groups in total. The number of hydrogen-bond acceptors (Lipinski definition) is 7. The number of rotatable bonds is 5. The minimum Gasteiger partial charge on any atom is -0.486 e. The Morgan fingerprint density at radius 2 is 1.81 bits per heavy atom. The van der Waals surface area contributed by atoms with E-state index in [4.69, 9.17) is 9.47 Å². The molecule has 2 aliphatic heterocycles. The zero-order valence-electron chi connectivity index (χ0n) is 18.3. The molecule has 32 heavy (non-hydrogen) atoms. The van der Waals surface area contributed by atoms with E-state index in [1.165, 1.54) is 0 Å². The van der Waals surface area contributed by atoms with E-state index >= 15 is 0 Å². The van der Waals surface area contributed by atoms with Crippen LogP contribution < -0.4 is 14.8 Å². The Labute approximate surface area is 187 Å². The SMILES string of the molecule is CC(C)[C@@H](Nc1ncnc2[nH]c(C3CCS(=O)(=O)CC3)cc12)c1ccc2c(c1)OCCO2. The van der Waals surface area contributed by atoms with Crippen LogP contribution >= 0.6 is 0 Å². The predicted molar refractivity (Wildman–Crippen MR) is 123 cm³/mol. The van der Waals surface area contributed by atoms with Gasteiger partial charge in [0.25, 0.3) is 0 Å². The number of aromatic amines is 1. The third kappa shape index (κ3) is 4.13. The number of ether oxygens (including phenoxy) is 2. The van der Waals surface area contributed by atoms with E-state index < -0.39 is 9.84 Å². The summed E-state index contributed by atoms with van der Waals surface area (Å²) in [6.45, 7) is 5.45. The van der Waals surface area contributed by atoms with Gasteiger partial charge in [0.05, 0.1) is 22.9 Å². The van der Waals surface area contributed by atoms with Crippen molar-refractivity contribution in [3.05, 3.63) is 41.9 Å². The lowest BCUT2D eigenvalue weighted by Crippen LogP contribution is -2.22. The van der Waals surface area contributed by atoms with Crippen molar-refractivity contribution in [2.75, 3.05) is 30.0 Å². The van der Waals surface area contributed by atoms with Gasteiger partial charge in [-0.2, -0.15) is 0 Å². The Kier molecular flexibility index (Phi) is 5.44. The first-order chi connectivity index (χ1) is 15.4. The zero-order chi connectivity index (χ0) is 22.3.